The van der Waals surface area contributed by atoms with E-state index in [1.54, 1.807) is 12.1 Å². The lowest BCUT2D eigenvalue weighted by Crippen LogP contribution is -2.51. The average Bonchev–Trinajstić information content (AvgIpc) is 2.78. The van der Waals surface area contributed by atoms with Gasteiger partial charge in [-0.3, -0.25) is 14.9 Å². The van der Waals surface area contributed by atoms with Crippen LogP contribution >= 0.6 is 23.8 Å². The highest BCUT2D eigenvalue weighted by Gasteiger charge is 2.29. The van der Waals surface area contributed by atoms with E-state index in [9.17, 15) is 9.59 Å². The number of hydrogen-bond acceptors (Lipinski definition) is 5. The summed E-state index contributed by atoms with van der Waals surface area (Å²) in [6, 6.07) is 12.6. The van der Waals surface area contributed by atoms with Crippen LogP contribution in [-0.4, -0.2) is 55.1 Å². The number of anilines is 2. The quantitative estimate of drug-likeness (QED) is 0.629. The lowest BCUT2D eigenvalue weighted by atomic mass is 9.94. The molecule has 1 aliphatic rings. The highest BCUT2D eigenvalue weighted by molar-refractivity contribution is 7.80. The minimum absolute atomic E-state index is 0.170. The van der Waals surface area contributed by atoms with Crippen LogP contribution in [0.5, 0.6) is 5.75 Å². The summed E-state index contributed by atoms with van der Waals surface area (Å²) in [5.41, 5.74) is 1.76. The van der Waals surface area contributed by atoms with Gasteiger partial charge in [0.05, 0.1) is 12.7 Å². The largest absolute Gasteiger partial charge is 0.496 e. The van der Waals surface area contributed by atoms with Gasteiger partial charge in [0.25, 0.3) is 5.91 Å². The molecule has 7 nitrogen and oxygen atoms in total. The van der Waals surface area contributed by atoms with Crippen molar-refractivity contribution in [2.75, 3.05) is 43.5 Å². The van der Waals surface area contributed by atoms with Crippen LogP contribution in [0.15, 0.2) is 42.5 Å². The molecule has 0 spiro atoms. The molecule has 3 rings (SSSR count). The molecule has 0 radical (unpaired) electrons. The van der Waals surface area contributed by atoms with E-state index in [1.807, 2.05) is 49.9 Å². The molecule has 0 saturated carbocycles. The molecule has 2 N–H and O–H groups in total. The molecule has 0 unspecified atom stereocenters. The number of ether oxygens (including phenoxy) is 1. The number of rotatable bonds is 4. The number of piperazine rings is 1. The van der Waals surface area contributed by atoms with Crippen LogP contribution in [0.1, 0.15) is 31.1 Å². The number of benzene rings is 2. The van der Waals surface area contributed by atoms with E-state index in [4.69, 9.17) is 28.6 Å². The Labute approximate surface area is 205 Å². The van der Waals surface area contributed by atoms with Crippen molar-refractivity contribution in [1.29, 1.82) is 0 Å². The second-order valence-corrected chi connectivity index (χ2v) is 9.67. The SMILES string of the molecule is COc1ccc(Cl)cc1C(=O)NC(=S)Nc1ccc(N2CCN(C(=O)C(C)(C)C)CC2)cc1. The Bertz CT molecular complexity index is 1030. The summed E-state index contributed by atoms with van der Waals surface area (Å²) >= 11 is 11.3. The van der Waals surface area contributed by atoms with Crippen LogP contribution in [0.3, 0.4) is 0 Å². The highest BCUT2D eigenvalue weighted by Crippen LogP contribution is 2.24. The fraction of sp³-hybridized carbons (Fsp3) is 0.375. The number of nitrogens with one attached hydrogen (secondary N) is 2. The first-order valence-electron chi connectivity index (χ1n) is 10.7. The third-order valence-corrected chi connectivity index (χ3v) is 5.77. The van der Waals surface area contributed by atoms with Gasteiger partial charge in [-0.25, -0.2) is 0 Å². The predicted octanol–water partition coefficient (Wildman–Crippen LogP) is 4.17. The molecule has 1 saturated heterocycles. The lowest BCUT2D eigenvalue weighted by Gasteiger charge is -2.38. The van der Waals surface area contributed by atoms with Crippen LogP contribution in [0, 0.1) is 5.41 Å². The zero-order chi connectivity index (χ0) is 24.2. The summed E-state index contributed by atoms with van der Waals surface area (Å²) in [5.74, 6) is 0.187. The molecule has 33 heavy (non-hydrogen) atoms. The van der Waals surface area contributed by atoms with Gasteiger partial charge in [0.2, 0.25) is 5.91 Å². The maximum Gasteiger partial charge on any atom is 0.261 e. The number of carbonyl (C=O) groups is 2. The van der Waals surface area contributed by atoms with Crippen molar-refractivity contribution in [2.24, 2.45) is 5.41 Å². The van der Waals surface area contributed by atoms with Crippen LogP contribution in [-0.2, 0) is 4.79 Å². The lowest BCUT2D eigenvalue weighted by molar-refractivity contribution is -0.139. The monoisotopic (exact) mass is 488 g/mol. The van der Waals surface area contributed by atoms with Crippen LogP contribution in [0.25, 0.3) is 0 Å². The summed E-state index contributed by atoms with van der Waals surface area (Å²) in [6.07, 6.45) is 0. The highest BCUT2D eigenvalue weighted by atomic mass is 35.5. The predicted molar refractivity (Wildman–Crippen MR) is 136 cm³/mol. The van der Waals surface area contributed by atoms with Gasteiger partial charge in [-0.15, -0.1) is 0 Å². The Morgan fingerprint density at radius 2 is 1.67 bits per heavy atom. The average molecular weight is 489 g/mol. The maximum atomic E-state index is 12.6. The van der Waals surface area contributed by atoms with Gasteiger partial charge in [0.1, 0.15) is 5.75 Å². The van der Waals surface area contributed by atoms with Crippen molar-refractivity contribution in [1.82, 2.24) is 10.2 Å². The zero-order valence-corrected chi connectivity index (χ0v) is 20.8. The Balaban J connectivity index is 1.55. The molecular weight excluding hydrogens is 460 g/mol. The van der Waals surface area contributed by atoms with Gasteiger partial charge in [-0.05, 0) is 54.7 Å². The minimum Gasteiger partial charge on any atom is -0.496 e. The van der Waals surface area contributed by atoms with Crippen LogP contribution in [0.4, 0.5) is 11.4 Å². The van der Waals surface area contributed by atoms with E-state index in [0.717, 1.165) is 24.5 Å². The number of thiocarbonyl (C=S) groups is 1. The van der Waals surface area contributed by atoms with Crippen molar-refractivity contribution in [3.63, 3.8) is 0 Å². The molecular formula is C24H29ClN4O3S. The Morgan fingerprint density at radius 3 is 2.24 bits per heavy atom. The van der Waals surface area contributed by atoms with Crippen LogP contribution in [0.2, 0.25) is 5.02 Å². The standard InChI is InChI=1S/C24H29ClN4O3S/c1-24(2,3)22(31)29-13-11-28(12-14-29)18-8-6-17(7-9-18)26-23(33)27-21(30)19-15-16(25)5-10-20(19)32-4/h5-10,15H,11-14H2,1-4H3,(H2,26,27,30,33). The molecule has 9 heteroatoms. The Kier molecular flexibility index (Phi) is 7.81. The van der Waals surface area contributed by atoms with Gasteiger partial charge in [0, 0.05) is 48.0 Å². The fourth-order valence-electron chi connectivity index (χ4n) is 3.59. The topological polar surface area (TPSA) is 73.9 Å². The number of hydrogen-bond donors (Lipinski definition) is 2. The van der Waals surface area contributed by atoms with E-state index < -0.39 is 5.91 Å². The number of nitrogens with zero attached hydrogens (tertiary/aromatic N) is 2. The summed E-state index contributed by atoms with van der Waals surface area (Å²) < 4.78 is 5.22. The first-order valence-corrected chi connectivity index (χ1v) is 11.5. The van der Waals surface area contributed by atoms with E-state index in [-0.39, 0.29) is 16.4 Å². The third-order valence-electron chi connectivity index (χ3n) is 5.33. The molecule has 1 aliphatic heterocycles. The summed E-state index contributed by atoms with van der Waals surface area (Å²) in [5, 5.41) is 6.26. The number of carbonyl (C=O) groups excluding carboxylic acids is 2. The Hall–Kier alpha value is -2.84. The third kappa shape index (κ3) is 6.36. The number of methoxy groups -OCH3 is 1. The van der Waals surface area contributed by atoms with Crippen molar-refractivity contribution in [3.05, 3.63) is 53.1 Å². The van der Waals surface area contributed by atoms with E-state index >= 15 is 0 Å². The van der Waals surface area contributed by atoms with Gasteiger partial charge in [0.15, 0.2) is 5.11 Å². The first kappa shape index (κ1) is 24.8. The van der Waals surface area contributed by atoms with E-state index in [0.29, 0.717) is 29.4 Å². The summed E-state index contributed by atoms with van der Waals surface area (Å²) in [4.78, 5) is 29.2. The van der Waals surface area contributed by atoms with Crippen molar-refractivity contribution in [2.45, 2.75) is 20.8 Å². The van der Waals surface area contributed by atoms with Crippen LogP contribution < -0.4 is 20.3 Å². The number of halogens is 1. The normalized spacial score (nSPS) is 14.0. The smallest absolute Gasteiger partial charge is 0.261 e. The van der Waals surface area contributed by atoms with Crippen molar-refractivity contribution < 1.29 is 14.3 Å². The molecule has 0 aliphatic carbocycles. The zero-order valence-electron chi connectivity index (χ0n) is 19.3. The molecule has 2 aromatic rings. The second kappa shape index (κ2) is 10.4. The molecule has 0 aromatic heterocycles. The van der Waals surface area contributed by atoms with E-state index in [1.165, 1.54) is 13.2 Å². The van der Waals surface area contributed by atoms with Gasteiger partial charge in [-0.2, -0.15) is 0 Å². The Morgan fingerprint density at radius 1 is 1.03 bits per heavy atom. The van der Waals surface area contributed by atoms with Gasteiger partial charge in [-0.1, -0.05) is 32.4 Å². The number of amides is 2. The molecule has 0 bridgehead atoms. The summed E-state index contributed by atoms with van der Waals surface area (Å²) in [7, 11) is 1.49. The summed E-state index contributed by atoms with van der Waals surface area (Å²) in [6.45, 7) is 8.83. The second-order valence-electron chi connectivity index (χ2n) is 8.83. The minimum atomic E-state index is -0.411. The van der Waals surface area contributed by atoms with E-state index in [2.05, 4.69) is 15.5 Å². The molecule has 1 heterocycles. The van der Waals surface area contributed by atoms with Gasteiger partial charge < -0.3 is 19.9 Å². The first-order chi connectivity index (χ1) is 15.6. The molecule has 1 fully saturated rings. The molecule has 0 atom stereocenters. The molecule has 176 valence electrons. The van der Waals surface area contributed by atoms with Crippen molar-refractivity contribution >= 4 is 52.1 Å². The fourth-order valence-corrected chi connectivity index (χ4v) is 3.97. The molecule has 2 amide bonds. The van der Waals surface area contributed by atoms with Crippen molar-refractivity contribution in [3.8, 4) is 5.75 Å². The maximum absolute atomic E-state index is 12.6. The van der Waals surface area contributed by atoms with Gasteiger partial charge >= 0.3 is 0 Å². The molecule has 2 aromatic carbocycles.